The topological polar surface area (TPSA) is 73.1 Å². The van der Waals surface area contributed by atoms with Crippen molar-refractivity contribution in [3.05, 3.63) is 66.7 Å². The van der Waals surface area contributed by atoms with Gasteiger partial charge in [0.2, 0.25) is 5.16 Å². The van der Waals surface area contributed by atoms with Crippen molar-refractivity contribution in [3.8, 4) is 17.2 Å². The Balaban J connectivity index is 1.36. The molecule has 0 aliphatic carbocycles. The maximum absolute atomic E-state index is 9.39. The lowest BCUT2D eigenvalue weighted by molar-refractivity contribution is 0.344. The van der Waals surface area contributed by atoms with Crippen LogP contribution in [0.5, 0.6) is 11.5 Å². The second kappa shape index (κ2) is 7.45. The monoisotopic (exact) mass is 364 g/mol. The van der Waals surface area contributed by atoms with Gasteiger partial charge in [0.25, 0.3) is 0 Å². The fourth-order valence-corrected chi connectivity index (χ4v) is 3.28. The largest absolute Gasteiger partial charge is 0.508 e. The van der Waals surface area contributed by atoms with Gasteiger partial charge in [-0.2, -0.15) is 4.68 Å². The summed E-state index contributed by atoms with van der Waals surface area (Å²) in [6.07, 6.45) is 0. The fourth-order valence-electron chi connectivity index (χ4n) is 2.57. The molecule has 130 valence electrons. The first kappa shape index (κ1) is 16.4. The number of benzene rings is 3. The average Bonchev–Trinajstić information content (AvgIpc) is 3.14. The van der Waals surface area contributed by atoms with Gasteiger partial charge in [-0.25, -0.2) is 0 Å². The highest BCUT2D eigenvalue weighted by molar-refractivity contribution is 7.99. The maximum atomic E-state index is 9.39. The van der Waals surface area contributed by atoms with Crippen LogP contribution < -0.4 is 4.74 Å². The molecule has 1 heterocycles. The van der Waals surface area contributed by atoms with Crippen LogP contribution in [-0.2, 0) is 0 Å². The standard InChI is InChI=1S/C19H16N4O2S/c24-17-8-6-16(7-9-17)23-19(20-21-22-23)26-12-11-25-18-10-5-14-3-1-2-4-15(14)13-18/h1-10,13,24H,11-12H2. The number of ether oxygens (including phenoxy) is 1. The molecule has 0 fully saturated rings. The normalized spacial score (nSPS) is 10.9. The molecule has 0 aliphatic rings. The van der Waals surface area contributed by atoms with Crippen molar-refractivity contribution >= 4 is 22.5 Å². The van der Waals surface area contributed by atoms with Crippen LogP contribution in [0.25, 0.3) is 16.5 Å². The molecule has 4 rings (SSSR count). The van der Waals surface area contributed by atoms with E-state index in [0.717, 1.165) is 16.8 Å². The SMILES string of the molecule is Oc1ccc(-n2nnnc2SCCOc2ccc3ccccc3c2)cc1. The molecule has 0 saturated heterocycles. The van der Waals surface area contributed by atoms with Gasteiger partial charge < -0.3 is 9.84 Å². The summed E-state index contributed by atoms with van der Waals surface area (Å²) in [7, 11) is 0. The van der Waals surface area contributed by atoms with E-state index in [1.165, 1.54) is 17.1 Å². The lowest BCUT2D eigenvalue weighted by atomic mass is 10.1. The number of phenols is 1. The van der Waals surface area contributed by atoms with Crippen LogP contribution in [-0.4, -0.2) is 37.7 Å². The van der Waals surface area contributed by atoms with Crippen molar-refractivity contribution in [1.29, 1.82) is 0 Å². The molecule has 4 aromatic rings. The zero-order chi connectivity index (χ0) is 17.8. The molecule has 3 aromatic carbocycles. The molecule has 26 heavy (non-hydrogen) atoms. The molecule has 1 N–H and O–H groups in total. The number of thioether (sulfide) groups is 1. The maximum Gasteiger partial charge on any atom is 0.214 e. The van der Waals surface area contributed by atoms with E-state index < -0.39 is 0 Å². The van der Waals surface area contributed by atoms with E-state index in [1.54, 1.807) is 28.9 Å². The number of hydrogen-bond donors (Lipinski definition) is 1. The molecule has 0 spiro atoms. The van der Waals surface area contributed by atoms with E-state index in [2.05, 4.69) is 33.7 Å². The molecular weight excluding hydrogens is 348 g/mol. The van der Waals surface area contributed by atoms with E-state index in [0.29, 0.717) is 17.5 Å². The lowest BCUT2D eigenvalue weighted by Crippen LogP contribution is -2.03. The predicted molar refractivity (Wildman–Crippen MR) is 101 cm³/mol. The number of nitrogens with zero attached hydrogens (tertiary/aromatic N) is 4. The summed E-state index contributed by atoms with van der Waals surface area (Å²) in [4.78, 5) is 0. The van der Waals surface area contributed by atoms with Gasteiger partial charge in [-0.1, -0.05) is 42.1 Å². The third-order valence-corrected chi connectivity index (χ3v) is 4.72. The summed E-state index contributed by atoms with van der Waals surface area (Å²) in [6.45, 7) is 0.547. The highest BCUT2D eigenvalue weighted by Crippen LogP contribution is 2.22. The molecular formula is C19H16N4O2S. The Morgan fingerprint density at radius 3 is 2.62 bits per heavy atom. The van der Waals surface area contributed by atoms with Gasteiger partial charge in [-0.15, -0.1) is 5.10 Å². The van der Waals surface area contributed by atoms with Crippen molar-refractivity contribution < 1.29 is 9.84 Å². The first-order valence-corrected chi connectivity index (χ1v) is 9.10. The first-order chi connectivity index (χ1) is 12.8. The number of fused-ring (bicyclic) bond motifs is 1. The smallest absolute Gasteiger partial charge is 0.214 e. The number of aromatic nitrogens is 4. The Morgan fingerprint density at radius 1 is 0.962 bits per heavy atom. The van der Waals surface area contributed by atoms with Crippen molar-refractivity contribution in [1.82, 2.24) is 20.2 Å². The molecule has 0 saturated carbocycles. The lowest BCUT2D eigenvalue weighted by Gasteiger charge is -2.07. The van der Waals surface area contributed by atoms with Crippen LogP contribution in [0.15, 0.2) is 71.9 Å². The minimum atomic E-state index is 0.208. The zero-order valence-electron chi connectivity index (χ0n) is 13.8. The summed E-state index contributed by atoms with van der Waals surface area (Å²) in [5.74, 6) is 1.77. The Labute approximate surface area is 154 Å². The Hall–Kier alpha value is -3.06. The van der Waals surface area contributed by atoms with E-state index >= 15 is 0 Å². The molecule has 0 unspecified atom stereocenters. The van der Waals surface area contributed by atoms with Crippen molar-refractivity contribution in [3.63, 3.8) is 0 Å². The Kier molecular flexibility index (Phi) is 4.70. The third kappa shape index (κ3) is 3.62. The summed E-state index contributed by atoms with van der Waals surface area (Å²) in [6, 6.07) is 21.0. The summed E-state index contributed by atoms with van der Waals surface area (Å²) in [5.41, 5.74) is 0.797. The number of hydrogen-bond acceptors (Lipinski definition) is 6. The number of tetrazole rings is 1. The van der Waals surface area contributed by atoms with E-state index in [-0.39, 0.29) is 5.75 Å². The quantitative estimate of drug-likeness (QED) is 0.415. The minimum absolute atomic E-state index is 0.208. The Morgan fingerprint density at radius 2 is 1.77 bits per heavy atom. The van der Waals surface area contributed by atoms with Crippen LogP contribution in [0, 0.1) is 0 Å². The second-order valence-electron chi connectivity index (χ2n) is 5.60. The minimum Gasteiger partial charge on any atom is -0.508 e. The van der Waals surface area contributed by atoms with E-state index in [4.69, 9.17) is 4.74 Å². The molecule has 0 aliphatic heterocycles. The van der Waals surface area contributed by atoms with E-state index in [1.807, 2.05) is 24.3 Å². The van der Waals surface area contributed by atoms with E-state index in [9.17, 15) is 5.11 Å². The van der Waals surface area contributed by atoms with Crippen molar-refractivity contribution in [2.24, 2.45) is 0 Å². The number of phenolic OH excluding ortho intramolecular Hbond substituents is 1. The van der Waals surface area contributed by atoms with Gasteiger partial charge >= 0.3 is 0 Å². The third-order valence-electron chi connectivity index (χ3n) is 3.84. The summed E-state index contributed by atoms with van der Waals surface area (Å²) < 4.78 is 7.48. The Bertz CT molecular complexity index is 1020. The van der Waals surface area contributed by atoms with Gasteiger partial charge in [0.15, 0.2) is 0 Å². The van der Waals surface area contributed by atoms with Gasteiger partial charge in [0, 0.05) is 5.75 Å². The van der Waals surface area contributed by atoms with Crippen LogP contribution in [0.3, 0.4) is 0 Å². The van der Waals surface area contributed by atoms with Crippen molar-refractivity contribution in [2.75, 3.05) is 12.4 Å². The first-order valence-electron chi connectivity index (χ1n) is 8.12. The van der Waals surface area contributed by atoms with Crippen LogP contribution in [0.4, 0.5) is 0 Å². The van der Waals surface area contributed by atoms with Gasteiger partial charge in [-0.05, 0) is 57.6 Å². The van der Waals surface area contributed by atoms with Crippen molar-refractivity contribution in [2.45, 2.75) is 5.16 Å². The number of aromatic hydroxyl groups is 1. The van der Waals surface area contributed by atoms with Crippen LogP contribution in [0.1, 0.15) is 0 Å². The molecule has 0 radical (unpaired) electrons. The summed E-state index contributed by atoms with van der Waals surface area (Å²) in [5, 5.41) is 24.2. The second-order valence-corrected chi connectivity index (χ2v) is 6.66. The van der Waals surface area contributed by atoms with Gasteiger partial charge in [-0.3, -0.25) is 0 Å². The molecule has 7 heteroatoms. The molecule has 0 amide bonds. The molecule has 6 nitrogen and oxygen atoms in total. The van der Waals surface area contributed by atoms with Crippen LogP contribution >= 0.6 is 11.8 Å². The average molecular weight is 364 g/mol. The predicted octanol–water partition coefficient (Wildman–Crippen LogP) is 3.69. The highest BCUT2D eigenvalue weighted by atomic mass is 32.2. The molecule has 0 atom stereocenters. The number of rotatable bonds is 6. The van der Waals surface area contributed by atoms with Gasteiger partial charge in [0.1, 0.15) is 11.5 Å². The van der Waals surface area contributed by atoms with Gasteiger partial charge in [0.05, 0.1) is 12.3 Å². The summed E-state index contributed by atoms with van der Waals surface area (Å²) >= 11 is 1.51. The zero-order valence-corrected chi connectivity index (χ0v) is 14.6. The highest BCUT2D eigenvalue weighted by Gasteiger charge is 2.09. The molecule has 1 aromatic heterocycles. The fraction of sp³-hybridized carbons (Fsp3) is 0.105. The molecule has 0 bridgehead atoms. The van der Waals surface area contributed by atoms with Crippen LogP contribution in [0.2, 0.25) is 0 Å².